The molecule has 16 heavy (non-hydrogen) atoms. The summed E-state index contributed by atoms with van der Waals surface area (Å²) in [5.41, 5.74) is 2.98. The van der Waals surface area contributed by atoms with Crippen molar-refractivity contribution in [2.45, 2.75) is 51.0 Å². The first-order chi connectivity index (χ1) is 7.90. The quantitative estimate of drug-likeness (QED) is 0.468. The van der Waals surface area contributed by atoms with Crippen molar-refractivity contribution in [2.24, 2.45) is 11.8 Å². The maximum absolute atomic E-state index is 5.68. The van der Waals surface area contributed by atoms with Gasteiger partial charge >= 0.3 is 0 Å². The second kappa shape index (κ2) is 6.06. The summed E-state index contributed by atoms with van der Waals surface area (Å²) in [4.78, 5) is 0. The zero-order chi connectivity index (χ0) is 11.2. The van der Waals surface area contributed by atoms with Crippen LogP contribution >= 0.6 is 0 Å². The minimum atomic E-state index is 0.365. The van der Waals surface area contributed by atoms with E-state index in [-0.39, 0.29) is 0 Å². The van der Waals surface area contributed by atoms with Crippen molar-refractivity contribution in [3.8, 4) is 0 Å². The van der Waals surface area contributed by atoms with Gasteiger partial charge in [0.1, 0.15) is 5.76 Å². The fraction of sp³-hybridized carbons (Fsp3) is 0.692. The van der Waals surface area contributed by atoms with Crippen LogP contribution in [0.25, 0.3) is 0 Å². The summed E-state index contributed by atoms with van der Waals surface area (Å²) in [5, 5.41) is 0. The molecule has 0 radical (unpaired) electrons. The highest BCUT2D eigenvalue weighted by atomic mass is 16.3. The first-order valence-electron chi connectivity index (χ1n) is 6.38. The lowest BCUT2D eigenvalue weighted by molar-refractivity contribution is 0.305. The standard InChI is InChI=1S/C13H22N2O/c14-15-13(10-12-8-5-9-16-12)11-6-3-1-2-4-7-11/h5,8-9,11,13,15H,1-4,6-7,10,14H2. The minimum Gasteiger partial charge on any atom is -0.469 e. The molecular formula is C13H22N2O. The van der Waals surface area contributed by atoms with Crippen LogP contribution in [0.15, 0.2) is 22.8 Å². The summed E-state index contributed by atoms with van der Waals surface area (Å²) < 4.78 is 5.39. The lowest BCUT2D eigenvalue weighted by Gasteiger charge is -2.24. The number of hydrogen-bond donors (Lipinski definition) is 2. The van der Waals surface area contributed by atoms with Gasteiger partial charge in [-0.05, 0) is 30.9 Å². The van der Waals surface area contributed by atoms with Crippen molar-refractivity contribution in [1.82, 2.24) is 5.43 Å². The van der Waals surface area contributed by atoms with E-state index < -0.39 is 0 Å². The summed E-state index contributed by atoms with van der Waals surface area (Å²) in [7, 11) is 0. The van der Waals surface area contributed by atoms with Crippen molar-refractivity contribution in [1.29, 1.82) is 0 Å². The van der Waals surface area contributed by atoms with E-state index in [1.165, 1.54) is 38.5 Å². The smallest absolute Gasteiger partial charge is 0.105 e. The SMILES string of the molecule is NNC(Cc1ccco1)C1CCCCCC1. The highest BCUT2D eigenvalue weighted by molar-refractivity contribution is 5.01. The molecule has 1 aromatic rings. The molecular weight excluding hydrogens is 200 g/mol. The zero-order valence-corrected chi connectivity index (χ0v) is 9.82. The Bertz CT molecular complexity index is 276. The predicted molar refractivity (Wildman–Crippen MR) is 64.7 cm³/mol. The van der Waals surface area contributed by atoms with Crippen LogP contribution in [0.5, 0.6) is 0 Å². The highest BCUT2D eigenvalue weighted by Crippen LogP contribution is 2.26. The molecule has 2 rings (SSSR count). The number of rotatable bonds is 4. The minimum absolute atomic E-state index is 0.365. The average Bonchev–Trinajstić information content (AvgIpc) is 2.67. The molecule has 1 aliphatic rings. The molecule has 0 bridgehead atoms. The molecule has 0 aliphatic heterocycles. The fourth-order valence-corrected chi connectivity index (χ4v) is 2.72. The van der Waals surface area contributed by atoms with Crippen LogP contribution in [-0.4, -0.2) is 6.04 Å². The number of nitrogens with one attached hydrogen (secondary N) is 1. The molecule has 3 N–H and O–H groups in total. The molecule has 3 nitrogen and oxygen atoms in total. The maximum Gasteiger partial charge on any atom is 0.105 e. The van der Waals surface area contributed by atoms with E-state index in [1.54, 1.807) is 6.26 Å². The molecule has 1 saturated carbocycles. The monoisotopic (exact) mass is 222 g/mol. The van der Waals surface area contributed by atoms with Gasteiger partial charge in [0.2, 0.25) is 0 Å². The van der Waals surface area contributed by atoms with Crippen molar-refractivity contribution >= 4 is 0 Å². The van der Waals surface area contributed by atoms with Gasteiger partial charge < -0.3 is 4.42 Å². The Labute approximate surface area is 97.4 Å². The van der Waals surface area contributed by atoms with Gasteiger partial charge in [0, 0.05) is 12.5 Å². The highest BCUT2D eigenvalue weighted by Gasteiger charge is 2.22. The summed E-state index contributed by atoms with van der Waals surface area (Å²) in [5.74, 6) is 7.42. The van der Waals surface area contributed by atoms with Gasteiger partial charge in [-0.3, -0.25) is 11.3 Å². The van der Waals surface area contributed by atoms with Gasteiger partial charge in [-0.15, -0.1) is 0 Å². The molecule has 90 valence electrons. The normalized spacial score (nSPS) is 20.6. The summed E-state index contributed by atoms with van der Waals surface area (Å²) >= 11 is 0. The van der Waals surface area contributed by atoms with Crippen LogP contribution in [0.2, 0.25) is 0 Å². The van der Waals surface area contributed by atoms with E-state index >= 15 is 0 Å². The topological polar surface area (TPSA) is 51.2 Å². The molecule has 0 spiro atoms. The lowest BCUT2D eigenvalue weighted by Crippen LogP contribution is -2.42. The Hall–Kier alpha value is -0.800. The Morgan fingerprint density at radius 3 is 2.62 bits per heavy atom. The molecule has 1 unspecified atom stereocenters. The van der Waals surface area contributed by atoms with Crippen LogP contribution in [0, 0.1) is 5.92 Å². The van der Waals surface area contributed by atoms with E-state index in [1.807, 2.05) is 12.1 Å². The third-order valence-corrected chi connectivity index (χ3v) is 3.68. The van der Waals surface area contributed by atoms with Crippen LogP contribution in [0.4, 0.5) is 0 Å². The molecule has 1 aromatic heterocycles. The summed E-state index contributed by atoms with van der Waals surface area (Å²) in [6.45, 7) is 0. The lowest BCUT2D eigenvalue weighted by atomic mass is 9.89. The molecule has 1 fully saturated rings. The van der Waals surface area contributed by atoms with Crippen LogP contribution in [0.1, 0.15) is 44.3 Å². The third-order valence-electron chi connectivity index (χ3n) is 3.68. The second-order valence-electron chi connectivity index (χ2n) is 4.81. The molecule has 0 amide bonds. The molecule has 3 heteroatoms. The van der Waals surface area contributed by atoms with Gasteiger partial charge in [0.15, 0.2) is 0 Å². The predicted octanol–water partition coefficient (Wildman–Crippen LogP) is 2.62. The Morgan fingerprint density at radius 1 is 1.31 bits per heavy atom. The molecule has 1 atom stereocenters. The Kier molecular flexibility index (Phi) is 4.43. The second-order valence-corrected chi connectivity index (χ2v) is 4.81. The molecule has 0 aromatic carbocycles. The van der Waals surface area contributed by atoms with E-state index in [0.29, 0.717) is 12.0 Å². The van der Waals surface area contributed by atoms with E-state index in [0.717, 1.165) is 12.2 Å². The van der Waals surface area contributed by atoms with Gasteiger partial charge in [0.05, 0.1) is 6.26 Å². The first-order valence-corrected chi connectivity index (χ1v) is 6.38. The van der Waals surface area contributed by atoms with Crippen molar-refractivity contribution in [3.05, 3.63) is 24.2 Å². The van der Waals surface area contributed by atoms with Crippen LogP contribution < -0.4 is 11.3 Å². The van der Waals surface area contributed by atoms with Crippen LogP contribution in [0.3, 0.4) is 0 Å². The zero-order valence-electron chi connectivity index (χ0n) is 9.82. The number of furan rings is 1. The van der Waals surface area contributed by atoms with E-state index in [2.05, 4.69) is 5.43 Å². The van der Waals surface area contributed by atoms with Gasteiger partial charge in [-0.1, -0.05) is 25.7 Å². The van der Waals surface area contributed by atoms with Crippen molar-refractivity contribution in [2.75, 3.05) is 0 Å². The number of hydrazine groups is 1. The Morgan fingerprint density at radius 2 is 2.06 bits per heavy atom. The molecule has 1 heterocycles. The van der Waals surface area contributed by atoms with E-state index in [9.17, 15) is 0 Å². The number of hydrogen-bond acceptors (Lipinski definition) is 3. The first kappa shape index (κ1) is 11.7. The van der Waals surface area contributed by atoms with Crippen molar-refractivity contribution < 1.29 is 4.42 Å². The number of nitrogens with two attached hydrogens (primary N) is 1. The van der Waals surface area contributed by atoms with Gasteiger partial charge in [-0.2, -0.15) is 0 Å². The third kappa shape index (κ3) is 3.09. The van der Waals surface area contributed by atoms with Crippen LogP contribution in [-0.2, 0) is 6.42 Å². The fourth-order valence-electron chi connectivity index (χ4n) is 2.72. The molecule has 0 saturated heterocycles. The van der Waals surface area contributed by atoms with Crippen molar-refractivity contribution in [3.63, 3.8) is 0 Å². The Balaban J connectivity index is 1.92. The van der Waals surface area contributed by atoms with E-state index in [4.69, 9.17) is 10.3 Å². The molecule has 1 aliphatic carbocycles. The van der Waals surface area contributed by atoms with Gasteiger partial charge in [0.25, 0.3) is 0 Å². The largest absolute Gasteiger partial charge is 0.469 e. The maximum atomic E-state index is 5.68. The average molecular weight is 222 g/mol. The van der Waals surface area contributed by atoms with Gasteiger partial charge in [-0.25, -0.2) is 0 Å². The summed E-state index contributed by atoms with van der Waals surface area (Å²) in [6.07, 6.45) is 10.7. The summed E-state index contributed by atoms with van der Waals surface area (Å²) in [6, 6.07) is 4.33.